The Hall–Kier alpha value is -3.67. The quantitative estimate of drug-likeness (QED) is 0.679. The fourth-order valence-corrected chi connectivity index (χ4v) is 3.26. The Morgan fingerprint density at radius 2 is 1.76 bits per heavy atom. The van der Waals surface area contributed by atoms with Gasteiger partial charge in [0.15, 0.2) is 0 Å². The van der Waals surface area contributed by atoms with E-state index in [1.807, 2.05) is 24.3 Å². The van der Waals surface area contributed by atoms with E-state index in [9.17, 15) is 18.0 Å². The van der Waals surface area contributed by atoms with Crippen molar-refractivity contribution in [2.24, 2.45) is 0 Å². The van der Waals surface area contributed by atoms with E-state index in [4.69, 9.17) is 5.26 Å². The summed E-state index contributed by atoms with van der Waals surface area (Å²) in [6.07, 6.45) is -3.03. The van der Waals surface area contributed by atoms with Crippen molar-refractivity contribution in [3.8, 4) is 17.2 Å². The fraction of sp³-hybridized carbons (Fsp3) is 0.200. The normalized spacial score (nSPS) is 13.2. The predicted octanol–water partition coefficient (Wildman–Crippen LogP) is 3.38. The van der Waals surface area contributed by atoms with Crippen LogP contribution in [0.5, 0.6) is 0 Å². The molecular formula is C20H14F3N5O. The summed E-state index contributed by atoms with van der Waals surface area (Å²) in [5.41, 5.74) is 2.73. The SMILES string of the molecule is N#Cc1ncn(CC(=O)N2Cc3ccc(-c4ccc(C(F)(F)F)cc4)cc3C2)n1. The average Bonchev–Trinajstić information content (AvgIpc) is 3.33. The van der Waals surface area contributed by atoms with Gasteiger partial charge in [-0.3, -0.25) is 4.79 Å². The van der Waals surface area contributed by atoms with Crippen molar-refractivity contribution in [1.82, 2.24) is 19.7 Å². The number of rotatable bonds is 3. The maximum Gasteiger partial charge on any atom is 0.416 e. The first kappa shape index (κ1) is 18.7. The molecule has 0 aliphatic carbocycles. The van der Waals surface area contributed by atoms with Gasteiger partial charge < -0.3 is 4.90 Å². The molecule has 1 aromatic heterocycles. The molecule has 0 atom stereocenters. The van der Waals surface area contributed by atoms with Gasteiger partial charge in [0.05, 0.1) is 5.56 Å². The lowest BCUT2D eigenvalue weighted by molar-refractivity contribution is -0.137. The highest BCUT2D eigenvalue weighted by molar-refractivity contribution is 5.77. The highest BCUT2D eigenvalue weighted by Gasteiger charge is 2.30. The number of hydrogen-bond donors (Lipinski definition) is 0. The van der Waals surface area contributed by atoms with Crippen LogP contribution in [0.25, 0.3) is 11.1 Å². The van der Waals surface area contributed by atoms with Crippen molar-refractivity contribution in [3.05, 3.63) is 71.3 Å². The zero-order chi connectivity index (χ0) is 20.6. The van der Waals surface area contributed by atoms with Crippen LogP contribution in [0.4, 0.5) is 13.2 Å². The minimum absolute atomic E-state index is 0.00342. The molecule has 0 bridgehead atoms. The van der Waals surface area contributed by atoms with Crippen LogP contribution in [0.15, 0.2) is 48.8 Å². The van der Waals surface area contributed by atoms with Gasteiger partial charge in [-0.2, -0.15) is 18.4 Å². The molecule has 6 nitrogen and oxygen atoms in total. The first-order valence-electron chi connectivity index (χ1n) is 8.70. The number of nitrogens with zero attached hydrogens (tertiary/aromatic N) is 5. The van der Waals surface area contributed by atoms with Crippen LogP contribution in [0, 0.1) is 11.3 Å². The fourth-order valence-electron chi connectivity index (χ4n) is 3.26. The Bertz CT molecular complexity index is 1110. The van der Waals surface area contributed by atoms with E-state index in [-0.39, 0.29) is 18.3 Å². The standard InChI is InChI=1S/C20H14F3N5O/c21-20(22,23)17-5-3-13(4-6-17)14-1-2-15-9-27(10-16(15)7-14)19(29)11-28-12-25-18(8-24)26-28/h1-7,12H,9-11H2. The molecule has 1 amide bonds. The molecule has 0 radical (unpaired) electrons. The second kappa shape index (κ2) is 7.05. The number of aromatic nitrogens is 3. The van der Waals surface area contributed by atoms with Crippen LogP contribution in [0.2, 0.25) is 0 Å². The van der Waals surface area contributed by atoms with Crippen molar-refractivity contribution in [2.45, 2.75) is 25.8 Å². The van der Waals surface area contributed by atoms with Gasteiger partial charge in [-0.15, -0.1) is 5.10 Å². The van der Waals surface area contributed by atoms with Crippen LogP contribution >= 0.6 is 0 Å². The molecule has 0 unspecified atom stereocenters. The van der Waals surface area contributed by atoms with Crippen LogP contribution in [-0.2, 0) is 30.6 Å². The van der Waals surface area contributed by atoms with Gasteiger partial charge in [0, 0.05) is 13.1 Å². The van der Waals surface area contributed by atoms with Crippen LogP contribution in [-0.4, -0.2) is 25.6 Å². The molecule has 1 aliphatic heterocycles. The molecule has 0 spiro atoms. The lowest BCUT2D eigenvalue weighted by Gasteiger charge is -2.14. The van der Waals surface area contributed by atoms with Gasteiger partial charge in [-0.1, -0.05) is 24.3 Å². The molecular weight excluding hydrogens is 383 g/mol. The summed E-state index contributed by atoms with van der Waals surface area (Å²) >= 11 is 0. The van der Waals surface area contributed by atoms with E-state index in [0.29, 0.717) is 18.7 Å². The molecule has 0 saturated heterocycles. The highest BCUT2D eigenvalue weighted by Crippen LogP contribution is 2.32. The molecule has 3 aromatic rings. The topological polar surface area (TPSA) is 74.8 Å². The number of alkyl halides is 3. The predicted molar refractivity (Wildman–Crippen MR) is 95.9 cm³/mol. The summed E-state index contributed by atoms with van der Waals surface area (Å²) < 4.78 is 39.5. The van der Waals surface area contributed by atoms with E-state index in [0.717, 1.165) is 28.8 Å². The van der Waals surface area contributed by atoms with Crippen molar-refractivity contribution in [2.75, 3.05) is 0 Å². The summed E-state index contributed by atoms with van der Waals surface area (Å²) in [4.78, 5) is 17.9. The monoisotopic (exact) mass is 397 g/mol. The first-order valence-corrected chi connectivity index (χ1v) is 8.70. The smallest absolute Gasteiger partial charge is 0.332 e. The summed E-state index contributed by atoms with van der Waals surface area (Å²) in [6, 6.07) is 12.4. The van der Waals surface area contributed by atoms with Crippen molar-refractivity contribution in [1.29, 1.82) is 5.26 Å². The Kier molecular flexibility index (Phi) is 4.54. The molecule has 4 rings (SSSR count). The van der Waals surface area contributed by atoms with Gasteiger partial charge in [0.2, 0.25) is 5.91 Å². The molecule has 0 N–H and O–H groups in total. The lowest BCUT2D eigenvalue weighted by atomic mass is 9.99. The van der Waals surface area contributed by atoms with Crippen LogP contribution in [0.1, 0.15) is 22.5 Å². The molecule has 0 saturated carbocycles. The van der Waals surface area contributed by atoms with Crippen molar-refractivity contribution in [3.63, 3.8) is 0 Å². The number of benzene rings is 2. The van der Waals surface area contributed by atoms with Crippen molar-refractivity contribution < 1.29 is 18.0 Å². The van der Waals surface area contributed by atoms with Gasteiger partial charge in [0.25, 0.3) is 5.82 Å². The Morgan fingerprint density at radius 3 is 2.41 bits per heavy atom. The van der Waals surface area contributed by atoms with Crippen molar-refractivity contribution >= 4 is 5.91 Å². The first-order chi connectivity index (χ1) is 13.8. The number of carbonyl (C=O) groups excluding carboxylic acids is 1. The van der Waals surface area contributed by atoms with Gasteiger partial charge >= 0.3 is 6.18 Å². The summed E-state index contributed by atoms with van der Waals surface area (Å²) in [5, 5.41) is 12.6. The Labute approximate surface area is 163 Å². The maximum absolute atomic E-state index is 12.7. The third kappa shape index (κ3) is 3.82. The summed E-state index contributed by atoms with van der Waals surface area (Å²) in [6.45, 7) is 0.831. The molecule has 0 fully saturated rings. The summed E-state index contributed by atoms with van der Waals surface area (Å²) in [5.74, 6) is -0.157. The second-order valence-electron chi connectivity index (χ2n) is 6.69. The van der Waals surface area contributed by atoms with E-state index in [1.165, 1.54) is 23.1 Å². The molecule has 9 heteroatoms. The van der Waals surface area contributed by atoms with Crippen LogP contribution in [0.3, 0.4) is 0 Å². The van der Waals surface area contributed by atoms with Gasteiger partial charge in [-0.05, 0) is 40.5 Å². The largest absolute Gasteiger partial charge is 0.416 e. The summed E-state index contributed by atoms with van der Waals surface area (Å²) in [7, 11) is 0. The number of hydrogen-bond acceptors (Lipinski definition) is 4. The van der Waals surface area contributed by atoms with Gasteiger partial charge in [-0.25, -0.2) is 9.67 Å². The number of carbonyl (C=O) groups is 1. The minimum atomic E-state index is -4.37. The molecule has 146 valence electrons. The van der Waals surface area contributed by atoms with E-state index in [2.05, 4.69) is 10.1 Å². The van der Waals surface area contributed by atoms with E-state index in [1.54, 1.807) is 4.90 Å². The van der Waals surface area contributed by atoms with Gasteiger partial charge in [0.1, 0.15) is 18.9 Å². The average molecular weight is 397 g/mol. The van der Waals surface area contributed by atoms with E-state index < -0.39 is 11.7 Å². The molecule has 2 heterocycles. The zero-order valence-electron chi connectivity index (χ0n) is 15.0. The second-order valence-corrected chi connectivity index (χ2v) is 6.69. The zero-order valence-corrected chi connectivity index (χ0v) is 15.0. The van der Waals surface area contributed by atoms with E-state index >= 15 is 0 Å². The minimum Gasteiger partial charge on any atom is -0.332 e. The third-order valence-electron chi connectivity index (χ3n) is 4.76. The molecule has 1 aliphatic rings. The maximum atomic E-state index is 12.7. The van der Waals surface area contributed by atoms with Crippen LogP contribution < -0.4 is 0 Å². The molecule has 29 heavy (non-hydrogen) atoms. The third-order valence-corrected chi connectivity index (χ3v) is 4.76. The highest BCUT2D eigenvalue weighted by atomic mass is 19.4. The number of halogens is 3. The number of amides is 1. The Balaban J connectivity index is 1.48. The molecule has 2 aromatic carbocycles. The number of fused-ring (bicyclic) bond motifs is 1. The lowest BCUT2D eigenvalue weighted by Crippen LogP contribution is -2.29. The Morgan fingerprint density at radius 1 is 1.07 bits per heavy atom. The number of nitriles is 1.